The lowest BCUT2D eigenvalue weighted by molar-refractivity contribution is -0.873. The number of rotatable bonds is 55. The van der Waals surface area contributed by atoms with E-state index in [1.165, 1.54) is 38.5 Å². The number of hydrogen-bond donors (Lipinski definition) is 9. The third-order valence-electron chi connectivity index (χ3n) is 11.8. The fraction of sp³-hybridized carbons (Fsp3) is 0.944. The van der Waals surface area contributed by atoms with Crippen molar-refractivity contribution in [2.24, 2.45) is 0 Å². The molecule has 0 aliphatic carbocycles. The molecule has 1 aliphatic heterocycles. The van der Waals surface area contributed by atoms with E-state index in [2.05, 4.69) is 19.1 Å². The lowest BCUT2D eigenvalue weighted by Gasteiger charge is -2.30. The van der Waals surface area contributed by atoms with Gasteiger partial charge in [0.05, 0.1) is 153 Å². The number of allylic oxidation sites excluding steroid dienone is 2. The topological polar surface area (TPSA) is 310 Å². The van der Waals surface area contributed by atoms with Crippen molar-refractivity contribution in [2.45, 2.75) is 164 Å². The van der Waals surface area contributed by atoms with Crippen LogP contribution in [0, 0.1) is 0 Å². The second kappa shape index (κ2) is 49.0. The van der Waals surface area contributed by atoms with Crippen LogP contribution in [0.2, 0.25) is 0 Å². The molecule has 23 nitrogen and oxygen atoms in total. The van der Waals surface area contributed by atoms with Crippen LogP contribution in [0.15, 0.2) is 12.2 Å². The molecule has 9 N–H and O–H groups in total. The Hall–Kier alpha value is -1.63. The average molecular weight is 1120 g/mol. The van der Waals surface area contributed by atoms with E-state index < -0.39 is 87.0 Å². The quantitative estimate of drug-likeness (QED) is 0.0173. The summed E-state index contributed by atoms with van der Waals surface area (Å²) in [5.41, 5.74) is 0. The van der Waals surface area contributed by atoms with Gasteiger partial charge in [-0.3, -0.25) is 4.79 Å². The maximum Gasteiger partial charge on any atom is 0.305 e. The number of nitrogens with zero attached hydrogens (tertiary/aromatic N) is 1. The first-order valence-electron chi connectivity index (χ1n) is 28.1. The Morgan fingerprint density at radius 1 is 0.506 bits per heavy atom. The third kappa shape index (κ3) is 44.7. The molecule has 0 aromatic heterocycles. The first-order chi connectivity index (χ1) is 37.1. The zero-order valence-corrected chi connectivity index (χ0v) is 47.2. The van der Waals surface area contributed by atoms with Crippen LogP contribution in [-0.4, -0.2) is 290 Å². The Morgan fingerprint density at radius 2 is 0.961 bits per heavy atom. The van der Waals surface area contributed by atoms with E-state index in [-0.39, 0.29) is 131 Å². The summed E-state index contributed by atoms with van der Waals surface area (Å²) in [4.78, 5) is 12.4. The second-order valence-corrected chi connectivity index (χ2v) is 20.9. The number of ether oxygens (including phenoxy) is 12. The smallest absolute Gasteiger partial charge is 0.305 e. The molecule has 1 heterocycles. The molecule has 0 saturated carbocycles. The van der Waals surface area contributed by atoms with E-state index in [1.807, 2.05) is 21.1 Å². The molecule has 1 fully saturated rings. The van der Waals surface area contributed by atoms with Crippen LogP contribution in [0.1, 0.15) is 96.8 Å². The highest BCUT2D eigenvalue weighted by atomic mass is 16.6. The zero-order chi connectivity index (χ0) is 56.8. The molecule has 458 valence electrons. The molecule has 1 saturated heterocycles. The summed E-state index contributed by atoms with van der Waals surface area (Å²) >= 11 is 0. The molecule has 11 atom stereocenters. The van der Waals surface area contributed by atoms with E-state index in [4.69, 9.17) is 61.9 Å². The van der Waals surface area contributed by atoms with Gasteiger partial charge in [0, 0.05) is 6.42 Å². The maximum absolute atomic E-state index is 12.4. The minimum atomic E-state index is -1.20. The number of esters is 1. The molecular weight excluding hydrogens is 1010 g/mol. The van der Waals surface area contributed by atoms with Crippen LogP contribution in [0.3, 0.4) is 0 Å². The first kappa shape index (κ1) is 73.4. The summed E-state index contributed by atoms with van der Waals surface area (Å²) in [6.07, 6.45) is 10.4. The molecule has 23 heteroatoms. The minimum Gasteiger partial charge on any atom is -0.463 e. The Bertz CT molecular complexity index is 1350. The lowest BCUT2D eigenvalue weighted by Crippen LogP contribution is -2.44. The highest BCUT2D eigenvalue weighted by Gasteiger charge is 2.26. The van der Waals surface area contributed by atoms with E-state index in [1.54, 1.807) is 0 Å². The molecule has 0 aromatic rings. The summed E-state index contributed by atoms with van der Waals surface area (Å²) in [6, 6.07) is 0. The number of carbonyl (C=O) groups excluding carboxylic acids is 1. The molecular formula is C54H106NO22+. The third-order valence-corrected chi connectivity index (χ3v) is 11.8. The van der Waals surface area contributed by atoms with E-state index in [0.717, 1.165) is 38.5 Å². The number of aliphatic hydroxyl groups excluding tert-OH is 9. The summed E-state index contributed by atoms with van der Waals surface area (Å²) in [7, 11) is 5.84. The Balaban J connectivity index is 2.75. The molecule has 11 unspecified atom stereocenters. The zero-order valence-electron chi connectivity index (χ0n) is 47.2. The van der Waals surface area contributed by atoms with Crippen molar-refractivity contribution >= 4 is 5.97 Å². The van der Waals surface area contributed by atoms with Crippen molar-refractivity contribution in [3.63, 3.8) is 0 Å². The standard InChI is InChI=1S/C54H106NO22/c1-5-6-7-8-9-10-11-12-13-14-15-16-17-18-19-20-54(65)75-42-48(24-58)73-32-47(64)30-68-34-50(74-31-45(62)23-57)35-71-40-53(37-69-29-46(63)28-66-27-44(61)22-56)77-52(36-67-26-43(60)21-55(2,3)4)41-72-39-51-38-70-33-49(25-59)76-51/h12-13,43-53,56-64H,5-11,14-42H2,1-4H3/q+1/b13-12-. The monoisotopic (exact) mass is 1120 g/mol. The molecule has 0 amide bonds. The van der Waals surface area contributed by atoms with Crippen molar-refractivity contribution in [2.75, 3.05) is 166 Å². The van der Waals surface area contributed by atoms with Crippen LogP contribution in [-0.2, 0) is 61.6 Å². The number of carbonyl (C=O) groups is 1. The van der Waals surface area contributed by atoms with Crippen molar-refractivity contribution in [3.8, 4) is 0 Å². The van der Waals surface area contributed by atoms with Gasteiger partial charge in [-0.2, -0.15) is 0 Å². The second-order valence-electron chi connectivity index (χ2n) is 20.9. The number of hydrogen-bond acceptors (Lipinski definition) is 22. The number of aliphatic hydroxyl groups is 9. The molecule has 0 bridgehead atoms. The van der Waals surface area contributed by atoms with Crippen molar-refractivity contribution < 1.29 is 112 Å². The number of likely N-dealkylation sites (N-methyl/N-ethyl adjacent to an activating group) is 1. The van der Waals surface area contributed by atoms with Gasteiger partial charge in [-0.25, -0.2) is 0 Å². The summed E-state index contributed by atoms with van der Waals surface area (Å²) in [6.45, 7) is -0.326. The van der Waals surface area contributed by atoms with Gasteiger partial charge < -0.3 is 107 Å². The van der Waals surface area contributed by atoms with Gasteiger partial charge in [-0.15, -0.1) is 0 Å². The molecule has 77 heavy (non-hydrogen) atoms. The molecule has 0 aromatic carbocycles. The highest BCUT2D eigenvalue weighted by molar-refractivity contribution is 5.69. The predicted molar refractivity (Wildman–Crippen MR) is 284 cm³/mol. The van der Waals surface area contributed by atoms with Crippen molar-refractivity contribution in [1.82, 2.24) is 0 Å². The van der Waals surface area contributed by atoms with Crippen LogP contribution < -0.4 is 0 Å². The van der Waals surface area contributed by atoms with Gasteiger partial charge in [0.1, 0.15) is 80.3 Å². The molecule has 0 spiro atoms. The fourth-order valence-electron chi connectivity index (χ4n) is 7.68. The van der Waals surface area contributed by atoms with Crippen LogP contribution in [0.4, 0.5) is 0 Å². The SMILES string of the molecule is CCCCCCCC/C=C\CCCCCCCC(=O)OCC(CO)OCC(O)COCC(COCC(COCC(O)COCC(O)CO)OC(COCC(O)C[N+](C)(C)C)COCC1COCC(CO)O1)OCC(O)CO. The van der Waals surface area contributed by atoms with Gasteiger partial charge in [0.25, 0.3) is 0 Å². The first-order valence-corrected chi connectivity index (χ1v) is 28.1. The highest BCUT2D eigenvalue weighted by Crippen LogP contribution is 2.13. The van der Waals surface area contributed by atoms with Crippen LogP contribution >= 0.6 is 0 Å². The molecule has 0 radical (unpaired) electrons. The normalized spacial score (nSPS) is 19.0. The van der Waals surface area contributed by atoms with Gasteiger partial charge >= 0.3 is 5.97 Å². The van der Waals surface area contributed by atoms with Gasteiger partial charge in [-0.1, -0.05) is 70.4 Å². The Morgan fingerprint density at radius 3 is 1.53 bits per heavy atom. The lowest BCUT2D eigenvalue weighted by atomic mass is 10.1. The van der Waals surface area contributed by atoms with Crippen molar-refractivity contribution in [3.05, 3.63) is 12.2 Å². The van der Waals surface area contributed by atoms with Crippen LogP contribution in [0.5, 0.6) is 0 Å². The molecule has 1 rings (SSSR count). The minimum absolute atomic E-state index is 0.00223. The number of quaternary nitrogens is 1. The summed E-state index contributed by atoms with van der Waals surface area (Å²) in [5, 5.41) is 89.2. The van der Waals surface area contributed by atoms with E-state index in [0.29, 0.717) is 17.4 Å². The largest absolute Gasteiger partial charge is 0.463 e. The van der Waals surface area contributed by atoms with Gasteiger partial charge in [0.15, 0.2) is 0 Å². The number of unbranched alkanes of at least 4 members (excludes halogenated alkanes) is 11. The fourth-order valence-corrected chi connectivity index (χ4v) is 7.68. The van der Waals surface area contributed by atoms with Gasteiger partial charge in [0.2, 0.25) is 0 Å². The summed E-state index contributed by atoms with van der Waals surface area (Å²) in [5.74, 6) is -0.379. The van der Waals surface area contributed by atoms with Crippen LogP contribution in [0.25, 0.3) is 0 Å². The summed E-state index contributed by atoms with van der Waals surface area (Å²) < 4.78 is 69.7. The Labute approximate surface area is 459 Å². The Kier molecular flexibility index (Phi) is 46.7. The van der Waals surface area contributed by atoms with Gasteiger partial charge in [-0.05, 0) is 32.1 Å². The average Bonchev–Trinajstić information content (AvgIpc) is 3.40. The van der Waals surface area contributed by atoms with E-state index >= 15 is 0 Å². The molecule has 1 aliphatic rings. The van der Waals surface area contributed by atoms with Crippen molar-refractivity contribution in [1.29, 1.82) is 0 Å². The van der Waals surface area contributed by atoms with E-state index in [9.17, 15) is 45.6 Å². The maximum atomic E-state index is 12.4. The predicted octanol–water partition coefficient (Wildman–Crippen LogP) is 0.455.